The van der Waals surface area contributed by atoms with Gasteiger partial charge in [-0.3, -0.25) is 9.48 Å². The van der Waals surface area contributed by atoms with E-state index in [1.54, 1.807) is 10.7 Å². The Labute approximate surface area is 207 Å². The van der Waals surface area contributed by atoms with Gasteiger partial charge in [0.2, 0.25) is 11.9 Å². The number of likely N-dealkylation sites (N-methyl/N-ethyl adjacent to an activating group) is 1. The van der Waals surface area contributed by atoms with Crippen LogP contribution in [0.25, 0.3) is 27.9 Å². The standard InChI is InChI=1S/C21H24BrN9O.C2H6/c1-3-30-13-14(11-24-30)19-26-20-15-5-4-6-16(22)18(15)25-21(31(20)27-19)23-12-17(32)29-9-7-28(2)8-10-29;1-2/h4-6,11,13H,3,7-10,12H2,1-2H3,(H,23,25);1-2H3. The normalized spacial score (nSPS) is 14.3. The number of fused-ring (bicyclic) bond motifs is 3. The fraction of sp³-hybridized carbons (Fsp3) is 0.435. The summed E-state index contributed by atoms with van der Waals surface area (Å²) in [5, 5.41) is 13.1. The fourth-order valence-electron chi connectivity index (χ4n) is 3.81. The molecule has 4 aromatic rings. The summed E-state index contributed by atoms with van der Waals surface area (Å²) in [7, 11) is 2.07. The number of hydrogen-bond acceptors (Lipinski definition) is 7. The Kier molecular flexibility index (Phi) is 7.42. The van der Waals surface area contributed by atoms with Gasteiger partial charge in [-0.25, -0.2) is 9.97 Å². The summed E-state index contributed by atoms with van der Waals surface area (Å²) in [6.45, 7) is 10.2. The van der Waals surface area contributed by atoms with E-state index >= 15 is 0 Å². The van der Waals surface area contributed by atoms with Gasteiger partial charge in [0.1, 0.15) is 0 Å². The second-order valence-electron chi connectivity index (χ2n) is 7.86. The van der Waals surface area contributed by atoms with E-state index in [1.165, 1.54) is 0 Å². The number of anilines is 1. The highest BCUT2D eigenvalue weighted by Gasteiger charge is 2.21. The maximum absolute atomic E-state index is 12.8. The van der Waals surface area contributed by atoms with Crippen LogP contribution in [0.4, 0.5) is 5.95 Å². The molecule has 1 aromatic carbocycles. The molecule has 1 fully saturated rings. The molecule has 11 heteroatoms. The number of hydrogen-bond donors (Lipinski definition) is 1. The van der Waals surface area contributed by atoms with Gasteiger partial charge in [0.05, 0.1) is 23.8 Å². The lowest BCUT2D eigenvalue weighted by atomic mass is 10.2. The van der Waals surface area contributed by atoms with Crippen LogP contribution in [-0.4, -0.2) is 84.8 Å². The second-order valence-corrected chi connectivity index (χ2v) is 8.72. The average molecular weight is 528 g/mol. The van der Waals surface area contributed by atoms with Crippen molar-refractivity contribution >= 4 is 44.3 Å². The van der Waals surface area contributed by atoms with Crippen LogP contribution in [0.2, 0.25) is 0 Å². The summed E-state index contributed by atoms with van der Waals surface area (Å²) in [6, 6.07) is 5.85. The summed E-state index contributed by atoms with van der Waals surface area (Å²) in [6.07, 6.45) is 3.68. The van der Waals surface area contributed by atoms with Gasteiger partial charge < -0.3 is 15.1 Å². The maximum atomic E-state index is 12.8. The SMILES string of the molecule is CC.CCn1cc(-c2nc3c4cccc(Br)c4nc(NCC(=O)N4CCN(C)CC4)n3n2)cn1. The molecule has 3 aromatic heterocycles. The molecule has 34 heavy (non-hydrogen) atoms. The van der Waals surface area contributed by atoms with Crippen molar-refractivity contribution in [3.05, 3.63) is 35.1 Å². The van der Waals surface area contributed by atoms with Crippen molar-refractivity contribution < 1.29 is 4.79 Å². The summed E-state index contributed by atoms with van der Waals surface area (Å²) in [5.41, 5.74) is 2.26. The number of aromatic nitrogens is 6. The molecule has 4 heterocycles. The number of halogens is 1. The van der Waals surface area contributed by atoms with Crippen LogP contribution in [0.3, 0.4) is 0 Å². The van der Waals surface area contributed by atoms with Crippen molar-refractivity contribution in [2.75, 3.05) is 45.1 Å². The van der Waals surface area contributed by atoms with E-state index in [4.69, 9.17) is 15.1 Å². The second kappa shape index (κ2) is 10.5. The smallest absolute Gasteiger partial charge is 0.242 e. The summed E-state index contributed by atoms with van der Waals surface area (Å²) in [5.74, 6) is 1.08. The number of nitrogens with one attached hydrogen (secondary N) is 1. The Bertz CT molecular complexity index is 1290. The number of piperazine rings is 1. The maximum Gasteiger partial charge on any atom is 0.242 e. The lowest BCUT2D eigenvalue weighted by Gasteiger charge is -2.32. The van der Waals surface area contributed by atoms with Gasteiger partial charge >= 0.3 is 0 Å². The number of amides is 1. The predicted octanol–water partition coefficient (Wildman–Crippen LogP) is 3.14. The van der Waals surface area contributed by atoms with Gasteiger partial charge in [-0.05, 0) is 42.0 Å². The third-order valence-electron chi connectivity index (χ3n) is 5.72. The summed E-state index contributed by atoms with van der Waals surface area (Å²) in [4.78, 5) is 26.4. The largest absolute Gasteiger partial charge is 0.345 e. The van der Waals surface area contributed by atoms with Crippen molar-refractivity contribution in [1.29, 1.82) is 0 Å². The molecule has 1 aliphatic rings. The first-order valence-electron chi connectivity index (χ1n) is 11.6. The molecular formula is C23H30BrN9O. The molecule has 10 nitrogen and oxygen atoms in total. The Balaban J connectivity index is 0.00000133. The summed E-state index contributed by atoms with van der Waals surface area (Å²) < 4.78 is 4.36. The number of carbonyl (C=O) groups excluding carboxylic acids is 1. The predicted molar refractivity (Wildman–Crippen MR) is 137 cm³/mol. The number of rotatable bonds is 5. The molecule has 1 N–H and O–H groups in total. The van der Waals surface area contributed by atoms with Gasteiger partial charge in [0, 0.05) is 48.8 Å². The molecule has 0 unspecified atom stereocenters. The number of para-hydroxylation sites is 1. The molecule has 0 aliphatic carbocycles. The van der Waals surface area contributed by atoms with Crippen LogP contribution in [-0.2, 0) is 11.3 Å². The van der Waals surface area contributed by atoms with Crippen molar-refractivity contribution in [3.63, 3.8) is 0 Å². The molecule has 180 valence electrons. The fourth-order valence-corrected chi connectivity index (χ4v) is 4.26. The molecule has 0 radical (unpaired) electrons. The topological polar surface area (TPSA) is 96.5 Å². The molecule has 0 atom stereocenters. The highest BCUT2D eigenvalue weighted by atomic mass is 79.9. The van der Waals surface area contributed by atoms with Crippen LogP contribution < -0.4 is 5.32 Å². The van der Waals surface area contributed by atoms with Crippen molar-refractivity contribution in [1.82, 2.24) is 39.2 Å². The quantitative estimate of drug-likeness (QED) is 0.425. The van der Waals surface area contributed by atoms with E-state index in [9.17, 15) is 4.79 Å². The van der Waals surface area contributed by atoms with Gasteiger partial charge in [-0.2, -0.15) is 9.61 Å². The van der Waals surface area contributed by atoms with Crippen LogP contribution in [0.15, 0.2) is 35.1 Å². The highest BCUT2D eigenvalue weighted by Crippen LogP contribution is 2.28. The Morgan fingerprint density at radius 1 is 1.15 bits per heavy atom. The van der Waals surface area contributed by atoms with Crippen LogP contribution >= 0.6 is 15.9 Å². The van der Waals surface area contributed by atoms with E-state index in [0.29, 0.717) is 17.4 Å². The molecule has 1 aliphatic heterocycles. The molecule has 5 rings (SSSR count). The number of carbonyl (C=O) groups is 1. The summed E-state index contributed by atoms with van der Waals surface area (Å²) >= 11 is 3.59. The van der Waals surface area contributed by atoms with E-state index < -0.39 is 0 Å². The average Bonchev–Trinajstić information content (AvgIpc) is 3.52. The van der Waals surface area contributed by atoms with Crippen LogP contribution in [0.1, 0.15) is 20.8 Å². The Morgan fingerprint density at radius 2 is 1.91 bits per heavy atom. The first-order valence-corrected chi connectivity index (χ1v) is 12.4. The zero-order chi connectivity index (χ0) is 24.2. The lowest BCUT2D eigenvalue weighted by molar-refractivity contribution is -0.130. The van der Waals surface area contributed by atoms with E-state index in [0.717, 1.165) is 53.7 Å². The van der Waals surface area contributed by atoms with Crippen LogP contribution in [0.5, 0.6) is 0 Å². The van der Waals surface area contributed by atoms with Crippen molar-refractivity contribution in [2.45, 2.75) is 27.3 Å². The molecule has 1 saturated heterocycles. The van der Waals surface area contributed by atoms with Crippen LogP contribution in [0, 0.1) is 0 Å². The zero-order valence-electron chi connectivity index (χ0n) is 20.0. The third-order valence-corrected chi connectivity index (χ3v) is 6.36. The zero-order valence-corrected chi connectivity index (χ0v) is 21.6. The monoisotopic (exact) mass is 527 g/mol. The molecule has 0 bridgehead atoms. The third kappa shape index (κ3) is 4.76. The molecule has 1 amide bonds. The Hall–Kier alpha value is -3.05. The highest BCUT2D eigenvalue weighted by molar-refractivity contribution is 9.10. The van der Waals surface area contributed by atoms with Gasteiger partial charge in [-0.15, -0.1) is 5.10 Å². The number of benzene rings is 1. The number of aryl methyl sites for hydroxylation is 1. The van der Waals surface area contributed by atoms with Crippen molar-refractivity contribution in [3.8, 4) is 11.4 Å². The van der Waals surface area contributed by atoms with E-state index in [-0.39, 0.29) is 12.5 Å². The number of nitrogens with zero attached hydrogens (tertiary/aromatic N) is 8. The van der Waals surface area contributed by atoms with E-state index in [2.05, 4.69) is 38.3 Å². The van der Waals surface area contributed by atoms with Crippen molar-refractivity contribution in [2.24, 2.45) is 0 Å². The van der Waals surface area contributed by atoms with Gasteiger partial charge in [-0.1, -0.05) is 19.9 Å². The van der Waals surface area contributed by atoms with E-state index in [1.807, 2.05) is 54.7 Å². The minimum Gasteiger partial charge on any atom is -0.345 e. The van der Waals surface area contributed by atoms with Gasteiger partial charge in [0.25, 0.3) is 0 Å². The Morgan fingerprint density at radius 3 is 2.62 bits per heavy atom. The minimum atomic E-state index is 0.0461. The molecule has 0 spiro atoms. The molecule has 0 saturated carbocycles. The van der Waals surface area contributed by atoms with Gasteiger partial charge in [0.15, 0.2) is 11.5 Å². The first-order chi connectivity index (χ1) is 16.5. The molecular weight excluding hydrogens is 498 g/mol. The lowest BCUT2D eigenvalue weighted by Crippen LogP contribution is -2.48. The minimum absolute atomic E-state index is 0.0461. The first kappa shape index (κ1) is 24.1.